The number of rotatable bonds is 5. The summed E-state index contributed by atoms with van der Waals surface area (Å²) in [5.41, 5.74) is 2.38. The minimum atomic E-state index is -0.546. The molecule has 2 unspecified atom stereocenters. The molecule has 0 aliphatic carbocycles. The fourth-order valence-corrected chi connectivity index (χ4v) is 2.45. The maximum Gasteiger partial charge on any atom is 0.337 e. The van der Waals surface area contributed by atoms with Crippen molar-refractivity contribution < 1.29 is 19.2 Å². The van der Waals surface area contributed by atoms with Crippen molar-refractivity contribution in [2.75, 3.05) is 6.61 Å². The molecule has 1 amide bonds. The summed E-state index contributed by atoms with van der Waals surface area (Å²) >= 11 is 0. The van der Waals surface area contributed by atoms with Crippen LogP contribution in [0.4, 0.5) is 0 Å². The Morgan fingerprint density at radius 1 is 1.41 bits per heavy atom. The van der Waals surface area contributed by atoms with Crippen molar-refractivity contribution in [1.82, 2.24) is 15.4 Å². The molecule has 2 rings (SSSR count). The Morgan fingerprint density at radius 3 is 2.91 bits per heavy atom. The third-order valence-electron chi connectivity index (χ3n) is 3.65. The van der Waals surface area contributed by atoms with Gasteiger partial charge in [0.25, 0.3) is 5.91 Å². The van der Waals surface area contributed by atoms with E-state index in [0.717, 1.165) is 32.1 Å². The smallest absolute Gasteiger partial charge is 0.337 e. The van der Waals surface area contributed by atoms with Gasteiger partial charge in [-0.1, -0.05) is 19.8 Å². The number of carbonyl (C=O) groups excluding carboxylic acids is 2. The van der Waals surface area contributed by atoms with Gasteiger partial charge in [-0.05, 0) is 19.3 Å². The molecule has 2 heterocycles. The molecule has 22 heavy (non-hydrogen) atoms. The molecule has 7 nitrogen and oxygen atoms in total. The number of aromatic nitrogens is 2. The summed E-state index contributed by atoms with van der Waals surface area (Å²) in [6.07, 6.45) is 8.32. The normalized spacial score (nSPS) is 21.1. The van der Waals surface area contributed by atoms with Crippen molar-refractivity contribution in [1.29, 1.82) is 0 Å². The molecular formula is C15H21N3O4. The van der Waals surface area contributed by atoms with Crippen LogP contribution in [0, 0.1) is 5.92 Å². The molecule has 0 spiro atoms. The third-order valence-corrected chi connectivity index (χ3v) is 3.65. The van der Waals surface area contributed by atoms with E-state index in [1.165, 1.54) is 18.7 Å². The number of ether oxygens (including phenoxy) is 1. The van der Waals surface area contributed by atoms with Crippen molar-refractivity contribution in [2.24, 2.45) is 5.92 Å². The number of unbranched alkanes of at least 4 members (excludes halogenated alkanes) is 1. The Kier molecular flexibility index (Phi) is 6.27. The van der Waals surface area contributed by atoms with Gasteiger partial charge in [0, 0.05) is 19.0 Å². The van der Waals surface area contributed by atoms with E-state index < -0.39 is 11.9 Å². The molecule has 1 aromatic rings. The fraction of sp³-hybridized carbons (Fsp3) is 0.600. The average molecular weight is 307 g/mol. The molecule has 0 saturated carbocycles. The quantitative estimate of drug-likeness (QED) is 0.832. The molecule has 7 heteroatoms. The van der Waals surface area contributed by atoms with Crippen LogP contribution in [0.3, 0.4) is 0 Å². The van der Waals surface area contributed by atoms with Gasteiger partial charge in [-0.15, -0.1) is 0 Å². The molecule has 2 atom stereocenters. The van der Waals surface area contributed by atoms with Crippen LogP contribution in [0.5, 0.6) is 0 Å². The maximum absolute atomic E-state index is 12.2. The van der Waals surface area contributed by atoms with E-state index in [9.17, 15) is 9.59 Å². The molecule has 120 valence electrons. The van der Waals surface area contributed by atoms with Crippen molar-refractivity contribution >= 4 is 11.9 Å². The standard InChI is InChI=1S/C15H21N3O4/c1-2-3-6-13-12(5-4-7-21-13)15(20)22-18-14(19)11-8-16-10-17-9-11/h8-10,12-13H,2-7H2,1H3,(H,18,19). The average Bonchev–Trinajstić information content (AvgIpc) is 2.58. The van der Waals surface area contributed by atoms with Gasteiger partial charge in [-0.3, -0.25) is 4.79 Å². The van der Waals surface area contributed by atoms with Crippen molar-refractivity contribution in [3.63, 3.8) is 0 Å². The van der Waals surface area contributed by atoms with E-state index in [1.54, 1.807) is 0 Å². The number of nitrogens with one attached hydrogen (secondary N) is 1. The minimum Gasteiger partial charge on any atom is -0.377 e. The molecule has 1 fully saturated rings. The molecular weight excluding hydrogens is 286 g/mol. The van der Waals surface area contributed by atoms with Crippen molar-refractivity contribution in [3.05, 3.63) is 24.3 Å². The van der Waals surface area contributed by atoms with E-state index in [0.29, 0.717) is 6.61 Å². The summed E-state index contributed by atoms with van der Waals surface area (Å²) in [6, 6.07) is 0. The van der Waals surface area contributed by atoms with Gasteiger partial charge in [-0.2, -0.15) is 5.48 Å². The Balaban J connectivity index is 1.86. The fourth-order valence-electron chi connectivity index (χ4n) is 2.45. The molecule has 0 aromatic carbocycles. The first kappa shape index (κ1) is 16.4. The van der Waals surface area contributed by atoms with Crippen molar-refractivity contribution in [3.8, 4) is 0 Å². The lowest BCUT2D eigenvalue weighted by atomic mass is 9.91. The summed E-state index contributed by atoms with van der Waals surface area (Å²) < 4.78 is 5.67. The molecule has 1 aliphatic rings. The molecule has 1 aliphatic heterocycles. The Bertz CT molecular complexity index is 495. The molecule has 1 aromatic heterocycles. The first-order chi connectivity index (χ1) is 10.7. The SMILES string of the molecule is CCCCC1OCCCC1C(=O)ONC(=O)c1cncnc1. The van der Waals surface area contributed by atoms with Crippen LogP contribution in [0.15, 0.2) is 18.7 Å². The number of carbonyl (C=O) groups is 2. The summed E-state index contributed by atoms with van der Waals surface area (Å²) in [6.45, 7) is 2.77. The van der Waals surface area contributed by atoms with Crippen LogP contribution >= 0.6 is 0 Å². The lowest BCUT2D eigenvalue weighted by Gasteiger charge is -2.29. The summed E-state index contributed by atoms with van der Waals surface area (Å²) in [7, 11) is 0. The second kappa shape index (κ2) is 8.43. The van der Waals surface area contributed by atoms with Gasteiger partial charge >= 0.3 is 5.97 Å². The molecule has 1 N–H and O–H groups in total. The van der Waals surface area contributed by atoms with Crippen LogP contribution in [0.2, 0.25) is 0 Å². The zero-order valence-corrected chi connectivity index (χ0v) is 12.7. The highest BCUT2D eigenvalue weighted by atomic mass is 16.7. The number of hydroxylamine groups is 1. The highest BCUT2D eigenvalue weighted by Crippen LogP contribution is 2.25. The highest BCUT2D eigenvalue weighted by Gasteiger charge is 2.33. The lowest BCUT2D eigenvalue weighted by molar-refractivity contribution is -0.164. The second-order valence-corrected chi connectivity index (χ2v) is 5.28. The van der Waals surface area contributed by atoms with Gasteiger partial charge in [0.15, 0.2) is 0 Å². The van der Waals surface area contributed by atoms with E-state index >= 15 is 0 Å². The monoisotopic (exact) mass is 307 g/mol. The van der Waals surface area contributed by atoms with Gasteiger partial charge in [-0.25, -0.2) is 14.8 Å². The van der Waals surface area contributed by atoms with Crippen LogP contribution in [0.25, 0.3) is 0 Å². The Hall–Kier alpha value is -2.02. The number of hydrogen-bond donors (Lipinski definition) is 1. The van der Waals surface area contributed by atoms with Gasteiger partial charge in [0.1, 0.15) is 6.33 Å². The van der Waals surface area contributed by atoms with Crippen LogP contribution in [-0.2, 0) is 14.4 Å². The first-order valence-corrected chi connectivity index (χ1v) is 7.60. The molecule has 1 saturated heterocycles. The Morgan fingerprint density at radius 2 is 2.18 bits per heavy atom. The summed E-state index contributed by atoms with van der Waals surface area (Å²) in [4.78, 5) is 36.4. The van der Waals surface area contributed by atoms with E-state index in [1.807, 2.05) is 0 Å². The van der Waals surface area contributed by atoms with Gasteiger partial charge in [0.05, 0.1) is 17.6 Å². The third kappa shape index (κ3) is 4.49. The van der Waals surface area contributed by atoms with E-state index in [2.05, 4.69) is 22.4 Å². The van der Waals surface area contributed by atoms with Crippen LogP contribution in [-0.4, -0.2) is 34.6 Å². The van der Waals surface area contributed by atoms with Gasteiger partial charge < -0.3 is 9.57 Å². The predicted octanol–water partition coefficient (Wildman–Crippen LogP) is 1.65. The van der Waals surface area contributed by atoms with E-state index in [-0.39, 0.29) is 17.6 Å². The molecule has 0 bridgehead atoms. The number of nitrogens with zero attached hydrogens (tertiary/aromatic N) is 2. The zero-order valence-electron chi connectivity index (χ0n) is 12.7. The highest BCUT2D eigenvalue weighted by molar-refractivity contribution is 5.93. The Labute approximate surface area is 129 Å². The second-order valence-electron chi connectivity index (χ2n) is 5.28. The predicted molar refractivity (Wildman–Crippen MR) is 77.6 cm³/mol. The maximum atomic E-state index is 12.2. The summed E-state index contributed by atoms with van der Waals surface area (Å²) in [5, 5.41) is 0. The zero-order chi connectivity index (χ0) is 15.8. The summed E-state index contributed by atoms with van der Waals surface area (Å²) in [5.74, 6) is -1.32. The number of hydrogen-bond acceptors (Lipinski definition) is 6. The topological polar surface area (TPSA) is 90.4 Å². The number of amides is 1. The molecule has 0 radical (unpaired) electrons. The van der Waals surface area contributed by atoms with Crippen LogP contribution in [0.1, 0.15) is 49.4 Å². The van der Waals surface area contributed by atoms with E-state index in [4.69, 9.17) is 9.57 Å². The first-order valence-electron chi connectivity index (χ1n) is 7.60. The minimum absolute atomic E-state index is 0.127. The lowest BCUT2D eigenvalue weighted by Crippen LogP contribution is -2.39. The van der Waals surface area contributed by atoms with Gasteiger partial charge in [0.2, 0.25) is 0 Å². The van der Waals surface area contributed by atoms with Crippen LogP contribution < -0.4 is 5.48 Å². The van der Waals surface area contributed by atoms with Crippen molar-refractivity contribution in [2.45, 2.75) is 45.1 Å². The largest absolute Gasteiger partial charge is 0.377 e.